The predicted octanol–water partition coefficient (Wildman–Crippen LogP) is 5.31. The van der Waals surface area contributed by atoms with Crippen molar-refractivity contribution in [1.29, 1.82) is 0 Å². The van der Waals surface area contributed by atoms with Crippen molar-refractivity contribution >= 4 is 63.9 Å². The Hall–Kier alpha value is 0.620. The van der Waals surface area contributed by atoms with Crippen LogP contribution in [0.2, 0.25) is 0 Å². The van der Waals surface area contributed by atoms with Gasteiger partial charge in [0, 0.05) is 6.04 Å². The van der Waals surface area contributed by atoms with Crippen molar-refractivity contribution in [2.75, 3.05) is 0 Å². The van der Waals surface area contributed by atoms with E-state index in [4.69, 9.17) is 58.0 Å². The van der Waals surface area contributed by atoms with E-state index < -0.39 is 9.96 Å². The van der Waals surface area contributed by atoms with Gasteiger partial charge in [0.15, 0.2) is 0 Å². The molecule has 3 atom stereocenters. The van der Waals surface area contributed by atoms with Crippen molar-refractivity contribution < 1.29 is 4.79 Å². The van der Waals surface area contributed by atoms with Crippen LogP contribution in [0.3, 0.4) is 0 Å². The molecule has 3 nitrogen and oxygen atoms in total. The third-order valence-corrected chi connectivity index (χ3v) is 6.03. The highest BCUT2D eigenvalue weighted by Crippen LogP contribution is 2.59. The number of alkyl halides is 3. The fraction of sp³-hybridized carbons (Fsp3) is 0.812. The van der Waals surface area contributed by atoms with Gasteiger partial charge < -0.3 is 5.32 Å². The molecule has 0 radical (unpaired) electrons. The highest BCUT2D eigenvalue weighted by Gasteiger charge is 2.61. The van der Waals surface area contributed by atoms with Crippen molar-refractivity contribution in [3.8, 4) is 0 Å². The summed E-state index contributed by atoms with van der Waals surface area (Å²) in [6.45, 7) is 3.99. The molecule has 1 amide bonds. The maximum atomic E-state index is 12.7. The Labute approximate surface area is 168 Å². The molecule has 0 aliphatic heterocycles. The van der Waals surface area contributed by atoms with Crippen molar-refractivity contribution in [2.24, 2.45) is 17.3 Å². The van der Waals surface area contributed by atoms with Gasteiger partial charge in [-0.05, 0) is 30.3 Å². The standard InChI is InChI=1S/C16H23Cl5N2O/c1-15(2)10(8-11(17)18)12(15)13(24)23-14(16(19,20)21)22-9-6-4-3-5-7-9/h8-10,12,14,22H,3-7H2,1-2H3,(H,23,24)/t10-,12+,14+/m1/s1. The Bertz CT molecular complexity index is 493. The molecule has 2 fully saturated rings. The highest BCUT2D eigenvalue weighted by atomic mass is 35.6. The molecule has 0 aromatic rings. The van der Waals surface area contributed by atoms with Crippen molar-refractivity contribution in [3.05, 3.63) is 10.6 Å². The molecule has 2 aliphatic carbocycles. The number of allylic oxidation sites excluding steroid dienone is 1. The molecule has 138 valence electrons. The second-order valence-corrected chi connectivity index (χ2v) is 10.6. The maximum Gasteiger partial charge on any atom is 0.225 e. The Morgan fingerprint density at radius 1 is 1.17 bits per heavy atom. The van der Waals surface area contributed by atoms with E-state index in [9.17, 15) is 4.79 Å². The van der Waals surface area contributed by atoms with Crippen molar-refractivity contribution in [3.63, 3.8) is 0 Å². The maximum absolute atomic E-state index is 12.7. The number of nitrogens with one attached hydrogen (secondary N) is 2. The van der Waals surface area contributed by atoms with Gasteiger partial charge in [-0.2, -0.15) is 0 Å². The van der Waals surface area contributed by atoms with E-state index >= 15 is 0 Å². The van der Waals surface area contributed by atoms with Crippen LogP contribution in [-0.2, 0) is 4.79 Å². The number of hydrogen-bond acceptors (Lipinski definition) is 2. The van der Waals surface area contributed by atoms with E-state index in [1.54, 1.807) is 6.08 Å². The van der Waals surface area contributed by atoms with Crippen LogP contribution in [0.15, 0.2) is 10.6 Å². The monoisotopic (exact) mass is 434 g/mol. The fourth-order valence-corrected chi connectivity index (χ4v) is 4.20. The molecule has 2 N–H and O–H groups in total. The van der Waals surface area contributed by atoms with Crippen molar-refractivity contribution in [2.45, 2.75) is 62.0 Å². The molecule has 0 aromatic heterocycles. The van der Waals surface area contributed by atoms with Gasteiger partial charge in [0.2, 0.25) is 9.70 Å². The highest BCUT2D eigenvalue weighted by molar-refractivity contribution is 6.68. The van der Waals surface area contributed by atoms with E-state index in [0.29, 0.717) is 0 Å². The van der Waals surface area contributed by atoms with Crippen LogP contribution in [-0.4, -0.2) is 21.9 Å². The first-order chi connectivity index (χ1) is 11.0. The first-order valence-corrected chi connectivity index (χ1v) is 10.1. The molecule has 0 bridgehead atoms. The number of carbonyl (C=O) groups is 1. The molecule has 24 heavy (non-hydrogen) atoms. The number of carbonyl (C=O) groups excluding carboxylic acids is 1. The van der Waals surface area contributed by atoms with Gasteiger partial charge in [0.1, 0.15) is 10.7 Å². The first-order valence-electron chi connectivity index (χ1n) is 8.19. The molecule has 8 heteroatoms. The lowest BCUT2D eigenvalue weighted by molar-refractivity contribution is -0.124. The first kappa shape index (κ1) is 20.9. The zero-order valence-corrected chi connectivity index (χ0v) is 17.5. The largest absolute Gasteiger partial charge is 0.336 e. The minimum absolute atomic E-state index is 0.0202. The van der Waals surface area contributed by atoms with Gasteiger partial charge in [-0.3, -0.25) is 10.1 Å². The molecule has 2 aliphatic rings. The van der Waals surface area contributed by atoms with E-state index in [0.717, 1.165) is 25.7 Å². The minimum atomic E-state index is -1.62. The zero-order valence-electron chi connectivity index (χ0n) is 13.7. The van der Waals surface area contributed by atoms with Crippen LogP contribution in [0.4, 0.5) is 0 Å². The van der Waals surface area contributed by atoms with Gasteiger partial charge in [0.25, 0.3) is 0 Å². The molecular weight excluding hydrogens is 413 g/mol. The van der Waals surface area contributed by atoms with E-state index in [2.05, 4.69) is 10.6 Å². The van der Waals surface area contributed by atoms with Gasteiger partial charge in [-0.15, -0.1) is 0 Å². The summed E-state index contributed by atoms with van der Waals surface area (Å²) in [7, 11) is 0. The molecule has 0 heterocycles. The topological polar surface area (TPSA) is 41.1 Å². The van der Waals surface area contributed by atoms with E-state index in [-0.39, 0.29) is 33.7 Å². The summed E-state index contributed by atoms with van der Waals surface area (Å²) in [5.74, 6) is -0.420. The molecule has 2 rings (SSSR count). The van der Waals surface area contributed by atoms with Crippen LogP contribution in [0.5, 0.6) is 0 Å². The third kappa shape index (κ3) is 5.31. The molecule has 2 saturated carbocycles. The number of halogens is 5. The summed E-state index contributed by atoms with van der Waals surface area (Å²) >= 11 is 29.7. The summed E-state index contributed by atoms with van der Waals surface area (Å²) in [5, 5.41) is 6.16. The Kier molecular flexibility index (Phi) is 7.07. The van der Waals surface area contributed by atoms with Gasteiger partial charge in [-0.25, -0.2) is 0 Å². The van der Waals surface area contributed by atoms with Gasteiger partial charge in [0.05, 0.1) is 5.92 Å². The number of hydrogen-bond donors (Lipinski definition) is 2. The van der Waals surface area contributed by atoms with E-state index in [1.165, 1.54) is 6.42 Å². The summed E-state index contributed by atoms with van der Waals surface area (Å²) in [5.41, 5.74) is -0.220. The lowest BCUT2D eigenvalue weighted by Crippen LogP contribution is -2.57. The predicted molar refractivity (Wildman–Crippen MR) is 103 cm³/mol. The van der Waals surface area contributed by atoms with Crippen LogP contribution in [0, 0.1) is 17.3 Å². The zero-order chi connectivity index (χ0) is 18.1. The smallest absolute Gasteiger partial charge is 0.225 e. The molecular formula is C16H23Cl5N2O. The molecule has 0 aromatic carbocycles. The number of amides is 1. The van der Waals surface area contributed by atoms with Gasteiger partial charge >= 0.3 is 0 Å². The second kappa shape index (κ2) is 8.10. The van der Waals surface area contributed by atoms with E-state index in [1.807, 2.05) is 13.8 Å². The molecule has 0 unspecified atom stereocenters. The quantitative estimate of drug-likeness (QED) is 0.453. The SMILES string of the molecule is CC1(C)[C@H](C=C(Cl)Cl)[C@H]1C(=O)N[C@H](NC1CCCCC1)C(Cl)(Cl)Cl. The fourth-order valence-electron chi connectivity index (χ4n) is 3.58. The Morgan fingerprint density at radius 3 is 2.25 bits per heavy atom. The lowest BCUT2D eigenvalue weighted by atomic mass is 9.95. The third-order valence-electron chi connectivity index (χ3n) is 5.12. The average Bonchev–Trinajstić information content (AvgIpc) is 2.98. The van der Waals surface area contributed by atoms with Crippen LogP contribution >= 0.6 is 58.0 Å². The van der Waals surface area contributed by atoms with Crippen LogP contribution in [0.25, 0.3) is 0 Å². The normalized spacial score (nSPS) is 28.1. The lowest BCUT2D eigenvalue weighted by Gasteiger charge is -2.33. The summed E-state index contributed by atoms with van der Waals surface area (Å²) < 4.78 is -1.46. The minimum Gasteiger partial charge on any atom is -0.336 e. The second-order valence-electron chi connectivity index (χ2n) is 7.27. The van der Waals surface area contributed by atoms with Crippen molar-refractivity contribution in [1.82, 2.24) is 10.6 Å². The molecule has 0 saturated heterocycles. The Balaban J connectivity index is 2.01. The molecule has 0 spiro atoms. The van der Waals surface area contributed by atoms with Crippen LogP contribution in [0.1, 0.15) is 46.0 Å². The average molecular weight is 437 g/mol. The number of rotatable bonds is 5. The summed E-state index contributed by atoms with van der Waals surface area (Å²) in [6.07, 6.45) is 6.54. The Morgan fingerprint density at radius 2 is 1.75 bits per heavy atom. The van der Waals surface area contributed by atoms with Gasteiger partial charge in [-0.1, -0.05) is 91.1 Å². The van der Waals surface area contributed by atoms with Crippen LogP contribution < -0.4 is 10.6 Å². The summed E-state index contributed by atoms with van der Waals surface area (Å²) in [4.78, 5) is 12.7. The summed E-state index contributed by atoms with van der Waals surface area (Å²) in [6, 6.07) is 0.250.